The van der Waals surface area contributed by atoms with E-state index in [-0.39, 0.29) is 12.2 Å². The molecule has 2 atom stereocenters. The second-order valence-electron chi connectivity index (χ2n) is 8.63. The Morgan fingerprint density at radius 3 is 2.84 bits per heavy atom. The third kappa shape index (κ3) is 4.35. The molecule has 2 unspecified atom stereocenters. The van der Waals surface area contributed by atoms with E-state index >= 15 is 0 Å². The zero-order valence-electron chi connectivity index (χ0n) is 17.3. The lowest BCUT2D eigenvalue weighted by atomic mass is 9.78. The highest BCUT2D eigenvalue weighted by Crippen LogP contribution is 2.41. The summed E-state index contributed by atoms with van der Waals surface area (Å²) in [5, 5.41) is 17.4. The van der Waals surface area contributed by atoms with Gasteiger partial charge in [0, 0.05) is 37.0 Å². The highest BCUT2D eigenvalue weighted by Gasteiger charge is 2.39. The first kappa shape index (κ1) is 20.9. The second kappa shape index (κ2) is 8.87. The maximum atomic E-state index is 9.08. The summed E-state index contributed by atoms with van der Waals surface area (Å²) in [7, 11) is 0. The predicted molar refractivity (Wildman–Crippen MR) is 124 cm³/mol. The first-order valence-corrected chi connectivity index (χ1v) is 12.0. The van der Waals surface area contributed by atoms with Gasteiger partial charge in [-0.1, -0.05) is 35.5 Å². The molecule has 2 saturated heterocycles. The minimum atomic E-state index is 0.0432. The van der Waals surface area contributed by atoms with Gasteiger partial charge in [-0.05, 0) is 48.8 Å². The number of nitrogens with one attached hydrogen (secondary N) is 2. The number of allylic oxidation sites excluding steroid dienone is 1. The van der Waals surface area contributed by atoms with Crippen LogP contribution in [0.2, 0.25) is 5.02 Å². The number of nitrogens with zero attached hydrogens (tertiary/aromatic N) is 3. The lowest BCUT2D eigenvalue weighted by Gasteiger charge is -2.41. The maximum Gasteiger partial charge on any atom is 0.117 e. The Bertz CT molecular complexity index is 969. The minimum absolute atomic E-state index is 0.0432. The number of thioether (sulfide) groups is 1. The van der Waals surface area contributed by atoms with Crippen LogP contribution in [0.3, 0.4) is 0 Å². The van der Waals surface area contributed by atoms with Gasteiger partial charge in [-0.3, -0.25) is 4.90 Å². The molecule has 0 radical (unpaired) electrons. The molecule has 31 heavy (non-hydrogen) atoms. The third-order valence-electron chi connectivity index (χ3n) is 6.75. The molecular weight excluding hydrogens is 430 g/mol. The Hall–Kier alpha value is -1.98. The van der Waals surface area contributed by atoms with Crippen molar-refractivity contribution in [1.29, 1.82) is 5.26 Å². The van der Waals surface area contributed by atoms with Crippen LogP contribution in [0.4, 0.5) is 0 Å². The molecule has 2 N–H and O–H groups in total. The molecule has 6 nitrogen and oxygen atoms in total. The molecule has 4 heterocycles. The second-order valence-corrected chi connectivity index (χ2v) is 10.1. The molecule has 0 aromatic heterocycles. The van der Waals surface area contributed by atoms with E-state index < -0.39 is 0 Å². The van der Waals surface area contributed by atoms with Crippen LogP contribution < -0.4 is 10.6 Å². The van der Waals surface area contributed by atoms with Gasteiger partial charge in [0.1, 0.15) is 23.0 Å². The first-order chi connectivity index (χ1) is 15.2. The summed E-state index contributed by atoms with van der Waals surface area (Å²) >= 11 is 8.28. The molecule has 1 aromatic carbocycles. The average Bonchev–Trinajstić information content (AvgIpc) is 3.46. The quantitative estimate of drug-likeness (QED) is 0.709. The number of piperidine rings is 1. The van der Waals surface area contributed by atoms with Gasteiger partial charge < -0.3 is 15.4 Å². The van der Waals surface area contributed by atoms with Crippen LogP contribution in [0.15, 0.2) is 51.1 Å². The van der Waals surface area contributed by atoms with Gasteiger partial charge in [0.2, 0.25) is 0 Å². The van der Waals surface area contributed by atoms with Crippen molar-refractivity contribution < 1.29 is 4.74 Å². The van der Waals surface area contributed by atoms with Gasteiger partial charge in [-0.25, -0.2) is 4.99 Å². The van der Waals surface area contributed by atoms with E-state index in [1.54, 1.807) is 11.8 Å². The van der Waals surface area contributed by atoms with Crippen LogP contribution in [-0.4, -0.2) is 43.6 Å². The van der Waals surface area contributed by atoms with E-state index in [0.29, 0.717) is 11.1 Å². The number of rotatable bonds is 4. The number of nitriles is 1. The lowest BCUT2D eigenvalue weighted by Crippen LogP contribution is -2.51. The largest absolute Gasteiger partial charge is 0.381 e. The molecule has 0 aliphatic carbocycles. The molecule has 4 aliphatic rings. The van der Waals surface area contributed by atoms with E-state index in [2.05, 4.69) is 21.6 Å². The lowest BCUT2D eigenvalue weighted by molar-refractivity contribution is 0.0689. The van der Waals surface area contributed by atoms with Crippen molar-refractivity contribution >= 4 is 29.6 Å². The average molecular weight is 456 g/mol. The van der Waals surface area contributed by atoms with Crippen LogP contribution in [0.1, 0.15) is 37.3 Å². The molecule has 4 aliphatic heterocycles. The fourth-order valence-corrected chi connectivity index (χ4v) is 5.96. The predicted octanol–water partition coefficient (Wildman–Crippen LogP) is 4.18. The summed E-state index contributed by atoms with van der Waals surface area (Å²) in [6, 6.07) is 8.25. The van der Waals surface area contributed by atoms with Crippen molar-refractivity contribution in [3.8, 4) is 6.07 Å². The zero-order chi connectivity index (χ0) is 21.3. The van der Waals surface area contributed by atoms with E-state index in [0.717, 1.165) is 53.2 Å². The van der Waals surface area contributed by atoms with E-state index in [4.69, 9.17) is 26.6 Å². The highest BCUT2D eigenvalue weighted by atomic mass is 35.5. The Balaban J connectivity index is 1.19. The van der Waals surface area contributed by atoms with Gasteiger partial charge >= 0.3 is 0 Å². The SMILES string of the molecule is N#CC1=CCC(c2cccc(SC3=CNC(N4CCC5(CCOC5)CC4)C=N3)c2Cl)N1. The normalized spacial score (nSPS) is 27.4. The van der Waals surface area contributed by atoms with E-state index in [9.17, 15) is 0 Å². The summed E-state index contributed by atoms with van der Waals surface area (Å²) < 4.78 is 5.65. The van der Waals surface area contributed by atoms with Crippen molar-refractivity contribution in [3.63, 3.8) is 0 Å². The Morgan fingerprint density at radius 1 is 1.29 bits per heavy atom. The van der Waals surface area contributed by atoms with Gasteiger partial charge in [-0.2, -0.15) is 5.26 Å². The molecule has 2 fully saturated rings. The van der Waals surface area contributed by atoms with Crippen LogP contribution in [0, 0.1) is 16.7 Å². The Labute approximate surface area is 192 Å². The fraction of sp³-hybridized carbons (Fsp3) is 0.478. The molecule has 5 rings (SSSR count). The molecule has 0 bridgehead atoms. The van der Waals surface area contributed by atoms with Gasteiger partial charge in [0.15, 0.2) is 0 Å². The number of likely N-dealkylation sites (tertiary alicyclic amines) is 1. The van der Waals surface area contributed by atoms with Crippen LogP contribution in [-0.2, 0) is 4.74 Å². The highest BCUT2D eigenvalue weighted by molar-refractivity contribution is 8.03. The molecule has 8 heteroatoms. The monoisotopic (exact) mass is 455 g/mol. The number of hydrogen-bond donors (Lipinski definition) is 2. The van der Waals surface area contributed by atoms with Crippen molar-refractivity contribution in [2.45, 2.75) is 42.8 Å². The summed E-state index contributed by atoms with van der Waals surface area (Å²) in [5.41, 5.74) is 2.04. The standard InChI is InChI=1S/C23H26ClN5OS/c24-22-17(18-5-4-16(12-25)28-18)2-1-3-19(22)31-21-14-26-20(13-27-21)29-9-6-23(7-10-29)8-11-30-15-23/h1-4,13-14,18,20,26,28H,5-11,15H2. The topological polar surface area (TPSA) is 72.7 Å². The molecule has 0 saturated carbocycles. The molecule has 1 aromatic rings. The van der Waals surface area contributed by atoms with Crippen molar-refractivity contribution in [1.82, 2.24) is 15.5 Å². The Kier molecular flexibility index (Phi) is 5.98. The smallest absolute Gasteiger partial charge is 0.117 e. The number of hydrogen-bond acceptors (Lipinski definition) is 7. The maximum absolute atomic E-state index is 9.08. The summed E-state index contributed by atoms with van der Waals surface area (Å²) in [6.07, 6.45) is 10.4. The number of aliphatic imine (C=N–C) groups is 1. The number of ether oxygens (including phenoxy) is 1. The fourth-order valence-electron chi connectivity index (χ4n) is 4.77. The number of halogens is 1. The van der Waals surface area contributed by atoms with Crippen molar-refractivity contribution in [2.24, 2.45) is 10.4 Å². The van der Waals surface area contributed by atoms with E-state index in [1.807, 2.05) is 36.7 Å². The summed E-state index contributed by atoms with van der Waals surface area (Å²) in [6.45, 7) is 4.00. The molecular formula is C23H26ClN5OS. The van der Waals surface area contributed by atoms with Crippen LogP contribution in [0.25, 0.3) is 0 Å². The third-order valence-corrected chi connectivity index (χ3v) is 8.27. The first-order valence-electron chi connectivity index (χ1n) is 10.8. The molecule has 0 amide bonds. The van der Waals surface area contributed by atoms with Gasteiger partial charge in [0.25, 0.3) is 0 Å². The zero-order valence-corrected chi connectivity index (χ0v) is 18.9. The van der Waals surface area contributed by atoms with Crippen LogP contribution >= 0.6 is 23.4 Å². The summed E-state index contributed by atoms with van der Waals surface area (Å²) in [4.78, 5) is 8.14. The van der Waals surface area contributed by atoms with E-state index in [1.165, 1.54) is 19.3 Å². The molecule has 1 spiro atoms. The molecule has 162 valence electrons. The Morgan fingerprint density at radius 2 is 2.16 bits per heavy atom. The minimum Gasteiger partial charge on any atom is -0.381 e. The van der Waals surface area contributed by atoms with Crippen molar-refractivity contribution in [2.75, 3.05) is 26.3 Å². The van der Waals surface area contributed by atoms with Gasteiger partial charge in [0.05, 0.1) is 17.7 Å². The van der Waals surface area contributed by atoms with Crippen LogP contribution in [0.5, 0.6) is 0 Å². The van der Waals surface area contributed by atoms with Gasteiger partial charge in [-0.15, -0.1) is 0 Å². The summed E-state index contributed by atoms with van der Waals surface area (Å²) in [5.74, 6) is 0. The van der Waals surface area contributed by atoms with Crippen molar-refractivity contribution in [3.05, 3.63) is 51.8 Å². The number of benzene rings is 1.